The fourth-order valence-corrected chi connectivity index (χ4v) is 5.29. The maximum Gasteiger partial charge on any atom is 0.255 e. The van der Waals surface area contributed by atoms with E-state index in [9.17, 15) is 9.59 Å². The molecule has 180 valence electrons. The Bertz CT molecular complexity index is 1180. The molecule has 2 aliphatic heterocycles. The van der Waals surface area contributed by atoms with Crippen molar-refractivity contribution in [3.8, 4) is 5.75 Å². The van der Waals surface area contributed by atoms with E-state index in [4.69, 9.17) is 11.3 Å². The van der Waals surface area contributed by atoms with Crippen molar-refractivity contribution in [1.29, 1.82) is 0 Å². The molecule has 1 aliphatic carbocycles. The third-order valence-corrected chi connectivity index (χ3v) is 7.23. The minimum absolute atomic E-state index is 0.0488. The molecule has 2 N–H and O–H groups in total. The summed E-state index contributed by atoms with van der Waals surface area (Å²) >= 11 is 0. The van der Waals surface area contributed by atoms with E-state index in [2.05, 4.69) is 22.1 Å². The van der Waals surface area contributed by atoms with Crippen LogP contribution in [0.3, 0.4) is 0 Å². The van der Waals surface area contributed by atoms with E-state index in [-0.39, 0.29) is 24.0 Å². The Labute approximate surface area is 206 Å². The molecule has 7 heteroatoms. The van der Waals surface area contributed by atoms with E-state index in [1.165, 1.54) is 0 Å². The number of carbonyl (C=O) groups is 2. The quantitative estimate of drug-likeness (QED) is 0.611. The minimum Gasteiger partial charge on any atom is -0.489 e. The molecule has 0 bridgehead atoms. The first-order valence-corrected chi connectivity index (χ1v) is 12.3. The van der Waals surface area contributed by atoms with Crippen LogP contribution in [0.2, 0.25) is 0 Å². The minimum atomic E-state index is -0.458. The molecule has 0 spiro atoms. The van der Waals surface area contributed by atoms with Gasteiger partial charge in [0.25, 0.3) is 5.91 Å². The van der Waals surface area contributed by atoms with Crippen molar-refractivity contribution in [2.75, 3.05) is 0 Å². The van der Waals surface area contributed by atoms with Crippen LogP contribution in [-0.2, 0) is 17.9 Å². The van der Waals surface area contributed by atoms with Crippen LogP contribution in [0.5, 0.6) is 5.75 Å². The highest BCUT2D eigenvalue weighted by Crippen LogP contribution is 2.32. The largest absolute Gasteiger partial charge is 0.489 e. The number of hydrogen-bond donors (Lipinski definition) is 2. The zero-order valence-corrected chi connectivity index (χ0v) is 19.8. The Morgan fingerprint density at radius 1 is 1.11 bits per heavy atom. The van der Waals surface area contributed by atoms with Crippen molar-refractivity contribution in [2.45, 2.75) is 69.8 Å². The van der Waals surface area contributed by atoms with E-state index in [1.54, 1.807) is 4.90 Å². The molecule has 0 radical (unpaired) electrons. The van der Waals surface area contributed by atoms with Gasteiger partial charge in [-0.3, -0.25) is 9.59 Å². The van der Waals surface area contributed by atoms with Gasteiger partial charge in [0, 0.05) is 30.4 Å². The second-order valence-electron chi connectivity index (χ2n) is 9.61. The van der Waals surface area contributed by atoms with Gasteiger partial charge in [-0.25, -0.2) is 4.85 Å². The number of benzene rings is 2. The highest BCUT2D eigenvalue weighted by Gasteiger charge is 2.38. The van der Waals surface area contributed by atoms with Gasteiger partial charge in [-0.05, 0) is 61.4 Å². The molecule has 2 heterocycles. The molecule has 1 saturated heterocycles. The van der Waals surface area contributed by atoms with Crippen molar-refractivity contribution < 1.29 is 14.3 Å². The van der Waals surface area contributed by atoms with Gasteiger partial charge in [0.05, 0.1) is 6.57 Å². The van der Waals surface area contributed by atoms with Crippen LogP contribution in [0.25, 0.3) is 4.85 Å². The molecule has 5 rings (SSSR count). The lowest BCUT2D eigenvalue weighted by Gasteiger charge is -2.33. The summed E-state index contributed by atoms with van der Waals surface area (Å²) in [7, 11) is 0. The summed E-state index contributed by atoms with van der Waals surface area (Å²) in [5, 5.41) is 6.43. The van der Waals surface area contributed by atoms with Crippen molar-refractivity contribution in [2.24, 2.45) is 0 Å². The number of nitrogens with one attached hydrogen (secondary N) is 2. The third-order valence-electron chi connectivity index (χ3n) is 7.23. The van der Waals surface area contributed by atoms with E-state index in [0.29, 0.717) is 36.3 Å². The predicted octanol–water partition coefficient (Wildman–Crippen LogP) is 4.47. The topological polar surface area (TPSA) is 75.0 Å². The van der Waals surface area contributed by atoms with Crippen LogP contribution in [0.1, 0.15) is 60.0 Å². The van der Waals surface area contributed by atoms with Gasteiger partial charge in [-0.1, -0.05) is 37.3 Å². The molecular weight excluding hydrogens is 440 g/mol. The summed E-state index contributed by atoms with van der Waals surface area (Å²) in [6.07, 6.45) is 5.65. The Morgan fingerprint density at radius 2 is 1.91 bits per heavy atom. The fraction of sp³-hybridized carbons (Fsp3) is 0.393. The first-order chi connectivity index (χ1) is 17.0. The molecule has 3 atom stereocenters. The first kappa shape index (κ1) is 23.1. The summed E-state index contributed by atoms with van der Waals surface area (Å²) in [6.45, 7) is 12.1. The van der Waals surface area contributed by atoms with Gasteiger partial charge < -0.3 is 20.3 Å². The first-order valence-electron chi connectivity index (χ1n) is 12.3. The summed E-state index contributed by atoms with van der Waals surface area (Å²) < 4.78 is 6.45. The lowest BCUT2D eigenvalue weighted by atomic mass is 9.92. The van der Waals surface area contributed by atoms with Crippen molar-refractivity contribution >= 4 is 17.5 Å². The summed E-state index contributed by atoms with van der Waals surface area (Å²) in [4.78, 5) is 30.5. The number of fused-ring (bicyclic) bond motifs is 1. The second-order valence-corrected chi connectivity index (χ2v) is 9.61. The van der Waals surface area contributed by atoms with E-state index < -0.39 is 6.04 Å². The van der Waals surface area contributed by atoms with Gasteiger partial charge in [-0.2, -0.15) is 0 Å². The van der Waals surface area contributed by atoms with Crippen LogP contribution in [0.15, 0.2) is 54.7 Å². The summed E-state index contributed by atoms with van der Waals surface area (Å²) in [5.74, 6) is 0.513. The lowest BCUT2D eigenvalue weighted by molar-refractivity contribution is -0.126. The van der Waals surface area contributed by atoms with E-state index >= 15 is 0 Å². The average Bonchev–Trinajstić information content (AvgIpc) is 3.19. The van der Waals surface area contributed by atoms with Crippen LogP contribution in [0, 0.1) is 6.57 Å². The van der Waals surface area contributed by atoms with Crippen LogP contribution in [0.4, 0.5) is 5.69 Å². The molecule has 0 aromatic heterocycles. The summed E-state index contributed by atoms with van der Waals surface area (Å²) in [6, 6.07) is 13.1. The fourth-order valence-electron chi connectivity index (χ4n) is 5.29. The van der Waals surface area contributed by atoms with Gasteiger partial charge in [0.1, 0.15) is 17.9 Å². The van der Waals surface area contributed by atoms with Gasteiger partial charge in [0.15, 0.2) is 5.69 Å². The standard InChI is InChI=1S/C28H30N4O3/c1-18-7-14-25(27(33)31-18)32-17-20-15-22(12-13-23(20)28(32)34)35-26-6-4-3-5-24(26)30-16-19-8-10-21(29-2)11-9-19/h8-13,15,24-26,30H,1,3-7,14,16-17H2,(H,31,33)/t24-,25?,26+/m1/s1. The number of nitrogens with zero attached hydrogens (tertiary/aromatic N) is 2. The SMILES string of the molecule is [C-]#[N+]c1ccc(CN[C@@H]2CCCC[C@@H]2Oc2ccc3c(c2)CN(C2CCC(=C)NC2=O)C3=O)cc1. The normalized spacial score (nSPS) is 24.0. The van der Waals surface area contributed by atoms with Gasteiger partial charge in [-0.15, -0.1) is 0 Å². The zero-order chi connectivity index (χ0) is 24.4. The predicted molar refractivity (Wildman–Crippen MR) is 133 cm³/mol. The maximum absolute atomic E-state index is 13.0. The Kier molecular flexibility index (Phi) is 6.56. The number of hydrogen-bond acceptors (Lipinski definition) is 4. The number of carbonyl (C=O) groups excluding carboxylic acids is 2. The highest BCUT2D eigenvalue weighted by atomic mass is 16.5. The average molecular weight is 471 g/mol. The van der Waals surface area contributed by atoms with Crippen LogP contribution >= 0.6 is 0 Å². The van der Waals surface area contributed by atoms with Gasteiger partial charge >= 0.3 is 0 Å². The summed E-state index contributed by atoms with van der Waals surface area (Å²) in [5.41, 5.74) is 4.06. The van der Waals surface area contributed by atoms with Crippen molar-refractivity contribution in [1.82, 2.24) is 15.5 Å². The Morgan fingerprint density at radius 3 is 2.69 bits per heavy atom. The number of piperidine rings is 1. The highest BCUT2D eigenvalue weighted by molar-refractivity contribution is 6.01. The lowest BCUT2D eigenvalue weighted by Crippen LogP contribution is -2.49. The smallest absolute Gasteiger partial charge is 0.255 e. The van der Waals surface area contributed by atoms with E-state index in [1.807, 2.05) is 42.5 Å². The molecular formula is C28H30N4O3. The van der Waals surface area contributed by atoms with Crippen molar-refractivity contribution in [3.63, 3.8) is 0 Å². The molecule has 1 saturated carbocycles. The third kappa shape index (κ3) is 4.94. The zero-order valence-electron chi connectivity index (χ0n) is 19.8. The molecule has 35 heavy (non-hydrogen) atoms. The Balaban J connectivity index is 1.24. The number of allylic oxidation sites excluding steroid dienone is 1. The molecule has 2 amide bonds. The number of ether oxygens (including phenoxy) is 1. The Hall–Kier alpha value is -3.63. The maximum atomic E-state index is 13.0. The van der Waals surface area contributed by atoms with Crippen LogP contribution in [-0.4, -0.2) is 34.9 Å². The van der Waals surface area contributed by atoms with Crippen molar-refractivity contribution in [3.05, 3.63) is 82.8 Å². The second kappa shape index (κ2) is 9.93. The molecule has 3 aliphatic rings. The number of amides is 2. The molecule has 1 unspecified atom stereocenters. The van der Waals surface area contributed by atoms with Crippen LogP contribution < -0.4 is 15.4 Å². The van der Waals surface area contributed by atoms with E-state index in [0.717, 1.165) is 49.1 Å². The monoisotopic (exact) mass is 470 g/mol. The number of rotatable bonds is 6. The molecule has 2 aromatic rings. The molecule has 7 nitrogen and oxygen atoms in total. The molecule has 2 fully saturated rings. The molecule has 2 aromatic carbocycles. The van der Waals surface area contributed by atoms with Gasteiger partial charge in [0.2, 0.25) is 5.91 Å².